The highest BCUT2D eigenvalue weighted by Gasteiger charge is 2.11. The minimum atomic E-state index is 0.319. The summed E-state index contributed by atoms with van der Waals surface area (Å²) in [6, 6.07) is 4.18. The highest BCUT2D eigenvalue weighted by atomic mass is 16.5. The Balaban J connectivity index is 2.13. The van der Waals surface area contributed by atoms with Crippen molar-refractivity contribution in [2.24, 2.45) is 0 Å². The van der Waals surface area contributed by atoms with E-state index in [0.29, 0.717) is 17.8 Å². The second-order valence-corrected chi connectivity index (χ2v) is 4.71. The Morgan fingerprint density at radius 3 is 2.74 bits per heavy atom. The topological polar surface area (TPSA) is 67.1 Å². The van der Waals surface area contributed by atoms with E-state index < -0.39 is 0 Å². The fourth-order valence-corrected chi connectivity index (χ4v) is 1.61. The molecule has 0 aliphatic rings. The second kappa shape index (κ2) is 5.79. The van der Waals surface area contributed by atoms with Gasteiger partial charge in [0.15, 0.2) is 5.82 Å². The lowest BCUT2D eigenvalue weighted by Crippen LogP contribution is -2.24. The molecule has 0 saturated carbocycles. The Bertz CT molecular complexity index is 520. The van der Waals surface area contributed by atoms with Crippen LogP contribution in [0.1, 0.15) is 12.7 Å². The first-order valence-corrected chi connectivity index (χ1v) is 6.23. The van der Waals surface area contributed by atoms with Gasteiger partial charge in [0.05, 0.1) is 5.56 Å². The Kier molecular flexibility index (Phi) is 4.11. The molecule has 19 heavy (non-hydrogen) atoms. The van der Waals surface area contributed by atoms with Crippen LogP contribution < -0.4 is 10.2 Å². The number of aromatic nitrogens is 3. The van der Waals surface area contributed by atoms with Crippen LogP contribution in [-0.2, 0) is 6.42 Å². The van der Waals surface area contributed by atoms with Crippen molar-refractivity contribution in [1.29, 1.82) is 0 Å². The van der Waals surface area contributed by atoms with Gasteiger partial charge in [-0.2, -0.15) is 4.98 Å². The molecule has 0 spiro atoms. The van der Waals surface area contributed by atoms with Gasteiger partial charge >= 0.3 is 0 Å². The van der Waals surface area contributed by atoms with Crippen LogP contribution in [0, 0.1) is 0 Å². The number of nitrogens with one attached hydrogen (secondary N) is 1. The van der Waals surface area contributed by atoms with E-state index in [1.54, 1.807) is 6.20 Å². The van der Waals surface area contributed by atoms with E-state index in [2.05, 4.69) is 27.4 Å². The van der Waals surface area contributed by atoms with Gasteiger partial charge in [-0.1, -0.05) is 5.16 Å². The van der Waals surface area contributed by atoms with E-state index in [1.165, 1.54) is 0 Å². The van der Waals surface area contributed by atoms with Crippen LogP contribution in [0.15, 0.2) is 22.9 Å². The Morgan fingerprint density at radius 1 is 1.37 bits per heavy atom. The van der Waals surface area contributed by atoms with Gasteiger partial charge in [-0.3, -0.25) is 0 Å². The molecule has 1 atom stereocenters. The van der Waals surface area contributed by atoms with E-state index in [1.807, 2.05) is 38.2 Å². The Morgan fingerprint density at radius 2 is 2.16 bits per heavy atom. The molecule has 0 radical (unpaired) electrons. The summed E-state index contributed by atoms with van der Waals surface area (Å²) in [6.07, 6.45) is 2.48. The van der Waals surface area contributed by atoms with E-state index >= 15 is 0 Å². The molecule has 0 fully saturated rings. The third kappa shape index (κ3) is 3.29. The molecule has 0 aliphatic heterocycles. The Hall–Kier alpha value is -1.95. The zero-order chi connectivity index (χ0) is 13.8. The number of hydrogen-bond donors (Lipinski definition) is 1. The number of rotatable bonds is 5. The lowest BCUT2D eigenvalue weighted by atomic mass is 10.2. The average Bonchev–Trinajstić information content (AvgIpc) is 2.87. The maximum Gasteiger partial charge on any atom is 0.259 e. The number of likely N-dealkylation sites (N-methyl/N-ethyl adjacent to an activating group) is 1. The monoisotopic (exact) mass is 261 g/mol. The van der Waals surface area contributed by atoms with E-state index in [9.17, 15) is 0 Å². The minimum absolute atomic E-state index is 0.319. The molecule has 6 heteroatoms. The molecule has 6 nitrogen and oxygen atoms in total. The maximum atomic E-state index is 5.25. The molecule has 2 rings (SSSR count). The van der Waals surface area contributed by atoms with Crippen LogP contribution in [0.2, 0.25) is 0 Å². The molecule has 0 aromatic carbocycles. The van der Waals surface area contributed by atoms with Crippen molar-refractivity contribution in [3.63, 3.8) is 0 Å². The van der Waals surface area contributed by atoms with Crippen LogP contribution in [-0.4, -0.2) is 42.3 Å². The van der Waals surface area contributed by atoms with Gasteiger partial charge in [0.2, 0.25) is 0 Å². The van der Waals surface area contributed by atoms with Crippen molar-refractivity contribution in [2.75, 3.05) is 26.0 Å². The molecular weight excluding hydrogens is 242 g/mol. The summed E-state index contributed by atoms with van der Waals surface area (Å²) in [6.45, 7) is 2.07. The molecule has 0 aliphatic carbocycles. The summed E-state index contributed by atoms with van der Waals surface area (Å²) in [7, 11) is 5.81. The van der Waals surface area contributed by atoms with E-state index in [0.717, 1.165) is 17.8 Å². The van der Waals surface area contributed by atoms with Crippen molar-refractivity contribution in [3.05, 3.63) is 24.2 Å². The van der Waals surface area contributed by atoms with Gasteiger partial charge in [-0.05, 0) is 26.1 Å². The molecule has 2 aromatic rings. The zero-order valence-corrected chi connectivity index (χ0v) is 11.7. The summed E-state index contributed by atoms with van der Waals surface area (Å²) in [5.41, 5.74) is 0.835. The first-order chi connectivity index (χ1) is 9.10. The van der Waals surface area contributed by atoms with Crippen molar-refractivity contribution in [2.45, 2.75) is 19.4 Å². The summed E-state index contributed by atoms with van der Waals surface area (Å²) >= 11 is 0. The normalized spacial score (nSPS) is 12.4. The van der Waals surface area contributed by atoms with Gasteiger partial charge in [-0.15, -0.1) is 0 Å². The van der Waals surface area contributed by atoms with Gasteiger partial charge < -0.3 is 14.7 Å². The predicted octanol–water partition coefficient (Wildman–Crippen LogP) is 1.35. The first-order valence-electron chi connectivity index (χ1n) is 6.23. The highest BCUT2D eigenvalue weighted by Crippen LogP contribution is 2.18. The highest BCUT2D eigenvalue weighted by molar-refractivity contribution is 5.54. The molecule has 0 saturated heterocycles. The lowest BCUT2D eigenvalue weighted by Gasteiger charge is -2.10. The molecule has 1 unspecified atom stereocenters. The van der Waals surface area contributed by atoms with Crippen LogP contribution in [0.5, 0.6) is 0 Å². The Labute approximate surface area is 112 Å². The summed E-state index contributed by atoms with van der Waals surface area (Å²) < 4.78 is 5.25. The summed E-state index contributed by atoms with van der Waals surface area (Å²) in [5.74, 6) is 2.11. The van der Waals surface area contributed by atoms with Crippen molar-refractivity contribution < 1.29 is 4.52 Å². The van der Waals surface area contributed by atoms with Gasteiger partial charge in [-0.25, -0.2) is 4.98 Å². The molecular formula is C13H19N5O. The van der Waals surface area contributed by atoms with Gasteiger partial charge in [0, 0.05) is 32.8 Å². The number of nitrogens with zero attached hydrogens (tertiary/aromatic N) is 4. The fraction of sp³-hybridized carbons (Fsp3) is 0.462. The van der Waals surface area contributed by atoms with Gasteiger partial charge in [0.1, 0.15) is 5.82 Å². The average molecular weight is 261 g/mol. The maximum absolute atomic E-state index is 5.25. The second-order valence-electron chi connectivity index (χ2n) is 4.71. The third-order valence-electron chi connectivity index (χ3n) is 2.90. The minimum Gasteiger partial charge on any atom is -0.363 e. The smallest absolute Gasteiger partial charge is 0.259 e. The third-order valence-corrected chi connectivity index (χ3v) is 2.90. The molecule has 0 amide bonds. The molecule has 102 valence electrons. The first kappa shape index (κ1) is 13.5. The lowest BCUT2D eigenvalue weighted by molar-refractivity contribution is 0.418. The van der Waals surface area contributed by atoms with Gasteiger partial charge in [0.25, 0.3) is 5.89 Å². The SMILES string of the molecule is CNC(C)Cc1noc(-c2ccc(N(C)C)nc2)n1. The van der Waals surface area contributed by atoms with Crippen LogP contribution in [0.3, 0.4) is 0 Å². The predicted molar refractivity (Wildman–Crippen MR) is 74.1 cm³/mol. The quantitative estimate of drug-likeness (QED) is 0.876. The van der Waals surface area contributed by atoms with Crippen LogP contribution in [0.25, 0.3) is 11.5 Å². The number of pyridine rings is 1. The van der Waals surface area contributed by atoms with Crippen molar-refractivity contribution in [1.82, 2.24) is 20.4 Å². The number of anilines is 1. The van der Waals surface area contributed by atoms with Crippen LogP contribution >= 0.6 is 0 Å². The van der Waals surface area contributed by atoms with E-state index in [-0.39, 0.29) is 0 Å². The molecule has 2 aromatic heterocycles. The molecule has 2 heterocycles. The zero-order valence-electron chi connectivity index (χ0n) is 11.7. The molecule has 0 bridgehead atoms. The number of hydrogen-bond acceptors (Lipinski definition) is 6. The fourth-order valence-electron chi connectivity index (χ4n) is 1.61. The van der Waals surface area contributed by atoms with Crippen molar-refractivity contribution >= 4 is 5.82 Å². The van der Waals surface area contributed by atoms with E-state index in [4.69, 9.17) is 4.52 Å². The van der Waals surface area contributed by atoms with Crippen LogP contribution in [0.4, 0.5) is 5.82 Å². The summed E-state index contributed by atoms with van der Waals surface area (Å²) in [4.78, 5) is 10.6. The largest absolute Gasteiger partial charge is 0.363 e. The standard InChI is InChI=1S/C13H19N5O/c1-9(14-2)7-11-16-13(19-17-11)10-5-6-12(15-8-10)18(3)4/h5-6,8-9,14H,7H2,1-4H3. The summed E-state index contributed by atoms with van der Waals surface area (Å²) in [5, 5.41) is 7.12. The molecule has 1 N–H and O–H groups in total. The van der Waals surface area contributed by atoms with Crippen molar-refractivity contribution in [3.8, 4) is 11.5 Å².